The zero-order valence-electron chi connectivity index (χ0n) is 21.3. The molecule has 2 N–H and O–H groups in total. The molecule has 0 spiro atoms. The molecule has 0 atom stereocenters. The van der Waals surface area contributed by atoms with Crippen LogP contribution in [0.1, 0.15) is 28.7 Å². The lowest BCUT2D eigenvalue weighted by Crippen LogP contribution is -2.32. The maximum Gasteiger partial charge on any atom is 0.269 e. The first kappa shape index (κ1) is 29.7. The van der Waals surface area contributed by atoms with Gasteiger partial charge in [0.15, 0.2) is 0 Å². The Morgan fingerprint density at radius 3 is 1.60 bits per heavy atom. The lowest BCUT2D eigenvalue weighted by atomic mass is 10.1. The summed E-state index contributed by atoms with van der Waals surface area (Å²) >= 11 is 0. The SMILES string of the molecule is O=[N+]([O-])c1ccc(S(=O)(=O)N(CC#Cc2ccccc2C#CCO)CCC#Cc2ccccc2C#CCO)cc1. The molecule has 0 saturated carbocycles. The monoisotopic (exact) mass is 552 g/mol. The van der Waals surface area contributed by atoms with Crippen molar-refractivity contribution >= 4 is 15.7 Å². The number of nitrogens with zero attached hydrogens (tertiary/aromatic N) is 2. The molecule has 0 aliphatic carbocycles. The molecule has 9 heteroatoms. The Balaban J connectivity index is 1.89. The minimum atomic E-state index is -4.06. The van der Waals surface area contributed by atoms with Crippen LogP contribution in [0.25, 0.3) is 0 Å². The Morgan fingerprint density at radius 2 is 1.15 bits per heavy atom. The largest absolute Gasteiger partial charge is 0.384 e. The van der Waals surface area contributed by atoms with Crippen LogP contribution in [0.3, 0.4) is 0 Å². The summed E-state index contributed by atoms with van der Waals surface area (Å²) in [6.45, 7) is -0.738. The highest BCUT2D eigenvalue weighted by molar-refractivity contribution is 7.89. The molecule has 40 heavy (non-hydrogen) atoms. The molecule has 3 rings (SSSR count). The number of nitro benzene ring substituents is 1. The van der Waals surface area contributed by atoms with E-state index in [4.69, 9.17) is 10.2 Å². The molecular weight excluding hydrogens is 528 g/mol. The molecule has 0 radical (unpaired) electrons. The molecule has 0 saturated heterocycles. The number of sulfonamides is 1. The van der Waals surface area contributed by atoms with Gasteiger partial charge in [0, 0.05) is 47.4 Å². The summed E-state index contributed by atoms with van der Waals surface area (Å²) < 4.78 is 28.1. The van der Waals surface area contributed by atoms with E-state index >= 15 is 0 Å². The Morgan fingerprint density at radius 1 is 0.700 bits per heavy atom. The second-order valence-corrected chi connectivity index (χ2v) is 9.89. The molecular formula is C31H24N2O6S. The van der Waals surface area contributed by atoms with Crippen molar-refractivity contribution < 1.29 is 23.6 Å². The number of benzene rings is 3. The van der Waals surface area contributed by atoms with Crippen molar-refractivity contribution in [2.45, 2.75) is 11.3 Å². The van der Waals surface area contributed by atoms with E-state index in [0.29, 0.717) is 22.3 Å². The van der Waals surface area contributed by atoms with E-state index in [1.165, 1.54) is 12.1 Å². The van der Waals surface area contributed by atoms with Gasteiger partial charge < -0.3 is 10.2 Å². The summed E-state index contributed by atoms with van der Waals surface area (Å²) in [7, 11) is -4.06. The molecule has 8 nitrogen and oxygen atoms in total. The van der Waals surface area contributed by atoms with Crippen molar-refractivity contribution in [1.82, 2.24) is 4.31 Å². The topological polar surface area (TPSA) is 121 Å². The zero-order chi connectivity index (χ0) is 28.8. The summed E-state index contributed by atoms with van der Waals surface area (Å²) in [6, 6.07) is 18.9. The van der Waals surface area contributed by atoms with E-state index in [2.05, 4.69) is 47.4 Å². The quantitative estimate of drug-likeness (QED) is 0.276. The van der Waals surface area contributed by atoms with Crippen LogP contribution in [0.15, 0.2) is 77.7 Å². The lowest BCUT2D eigenvalue weighted by Gasteiger charge is -2.18. The maximum atomic E-state index is 13.4. The van der Waals surface area contributed by atoms with Gasteiger partial charge in [0.1, 0.15) is 13.2 Å². The van der Waals surface area contributed by atoms with Crippen LogP contribution in [0.2, 0.25) is 0 Å². The van der Waals surface area contributed by atoms with E-state index in [1.807, 2.05) is 0 Å². The average molecular weight is 553 g/mol. The lowest BCUT2D eigenvalue weighted by molar-refractivity contribution is -0.384. The normalized spacial score (nSPS) is 10.1. The number of aliphatic hydroxyl groups excluding tert-OH is 2. The third kappa shape index (κ3) is 8.32. The summed E-state index contributed by atoms with van der Waals surface area (Å²) in [5, 5.41) is 29.0. The number of hydrogen-bond donors (Lipinski definition) is 2. The number of rotatable bonds is 6. The highest BCUT2D eigenvalue weighted by atomic mass is 32.2. The Hall–Kier alpha value is -4.87. The van der Waals surface area contributed by atoms with Gasteiger partial charge in [-0.1, -0.05) is 71.6 Å². The molecule has 0 aliphatic rings. The predicted molar refractivity (Wildman–Crippen MR) is 151 cm³/mol. The highest BCUT2D eigenvalue weighted by Crippen LogP contribution is 2.20. The average Bonchev–Trinajstić information content (AvgIpc) is 2.97. The van der Waals surface area contributed by atoms with E-state index in [0.717, 1.165) is 16.4 Å². The van der Waals surface area contributed by atoms with Crippen LogP contribution >= 0.6 is 0 Å². The van der Waals surface area contributed by atoms with Gasteiger partial charge in [-0.2, -0.15) is 4.31 Å². The van der Waals surface area contributed by atoms with Crippen LogP contribution in [0.5, 0.6) is 0 Å². The van der Waals surface area contributed by atoms with Crippen molar-refractivity contribution in [2.75, 3.05) is 26.3 Å². The smallest absolute Gasteiger partial charge is 0.269 e. The molecule has 0 aliphatic heterocycles. The highest BCUT2D eigenvalue weighted by Gasteiger charge is 2.24. The van der Waals surface area contributed by atoms with Gasteiger partial charge in [-0.3, -0.25) is 10.1 Å². The van der Waals surface area contributed by atoms with Gasteiger partial charge in [0.2, 0.25) is 10.0 Å². The van der Waals surface area contributed by atoms with Gasteiger partial charge in [-0.05, 0) is 36.4 Å². The van der Waals surface area contributed by atoms with Crippen molar-refractivity contribution in [3.63, 3.8) is 0 Å². The van der Waals surface area contributed by atoms with E-state index in [1.54, 1.807) is 48.5 Å². The maximum absolute atomic E-state index is 13.4. The number of non-ortho nitro benzene ring substituents is 1. The molecule has 0 bridgehead atoms. The second kappa shape index (κ2) is 14.9. The first-order valence-electron chi connectivity index (χ1n) is 12.0. The fraction of sp³-hybridized carbons (Fsp3) is 0.161. The molecule has 0 fully saturated rings. The van der Waals surface area contributed by atoms with E-state index in [-0.39, 0.29) is 43.3 Å². The Labute approximate surface area is 233 Å². The van der Waals surface area contributed by atoms with Crippen LogP contribution in [-0.4, -0.2) is 54.2 Å². The van der Waals surface area contributed by atoms with Gasteiger partial charge in [-0.15, -0.1) is 0 Å². The number of aliphatic hydroxyl groups is 2. The second-order valence-electron chi connectivity index (χ2n) is 7.95. The molecule has 3 aromatic carbocycles. The van der Waals surface area contributed by atoms with Crippen LogP contribution in [-0.2, 0) is 10.0 Å². The van der Waals surface area contributed by atoms with Gasteiger partial charge >= 0.3 is 0 Å². The molecule has 0 unspecified atom stereocenters. The third-order valence-electron chi connectivity index (χ3n) is 5.33. The standard InChI is InChI=1S/C31H24N2O6S/c34-24-8-16-28-12-3-1-10-26(28)14-5-6-22-32(40(38,39)31-20-18-30(19-21-31)33(36)37)23-7-15-27-11-2-4-13-29(27)17-9-25-35/h1-4,10-13,18-21,34-35H,6,22-25H2. The summed E-state index contributed by atoms with van der Waals surface area (Å²) in [4.78, 5) is 10.3. The van der Waals surface area contributed by atoms with Crippen LogP contribution in [0, 0.1) is 57.5 Å². The van der Waals surface area contributed by atoms with Gasteiger partial charge in [0.25, 0.3) is 5.69 Å². The first-order valence-corrected chi connectivity index (χ1v) is 13.4. The van der Waals surface area contributed by atoms with E-state index < -0.39 is 14.9 Å². The summed E-state index contributed by atoms with van der Waals surface area (Å²) in [6.07, 6.45) is 0.175. The van der Waals surface area contributed by atoms with Gasteiger partial charge in [-0.25, -0.2) is 8.42 Å². The molecule has 0 aromatic heterocycles. The minimum absolute atomic E-state index is 0.0114. The number of hydrogen-bond acceptors (Lipinski definition) is 6. The van der Waals surface area contributed by atoms with Crippen molar-refractivity contribution in [2.24, 2.45) is 0 Å². The number of nitro groups is 1. The summed E-state index contributed by atoms with van der Waals surface area (Å²) in [5.74, 6) is 22.6. The van der Waals surface area contributed by atoms with Crippen LogP contribution in [0.4, 0.5) is 5.69 Å². The fourth-order valence-electron chi connectivity index (χ4n) is 3.41. The van der Waals surface area contributed by atoms with Gasteiger partial charge in [0.05, 0.1) is 16.4 Å². The fourth-order valence-corrected chi connectivity index (χ4v) is 4.75. The molecule has 0 heterocycles. The minimum Gasteiger partial charge on any atom is -0.384 e. The van der Waals surface area contributed by atoms with Crippen molar-refractivity contribution in [3.8, 4) is 47.4 Å². The zero-order valence-corrected chi connectivity index (χ0v) is 22.1. The Bertz CT molecular complexity index is 1720. The van der Waals surface area contributed by atoms with E-state index in [9.17, 15) is 18.5 Å². The Kier molecular flexibility index (Phi) is 11.1. The van der Waals surface area contributed by atoms with Crippen molar-refractivity contribution in [1.29, 1.82) is 0 Å². The van der Waals surface area contributed by atoms with Crippen LogP contribution < -0.4 is 0 Å². The van der Waals surface area contributed by atoms with Crippen molar-refractivity contribution in [3.05, 3.63) is 105 Å². The summed E-state index contributed by atoms with van der Waals surface area (Å²) in [5.41, 5.74) is 2.25. The molecule has 0 amide bonds. The molecule has 3 aromatic rings. The third-order valence-corrected chi connectivity index (χ3v) is 7.19. The first-order chi connectivity index (χ1) is 19.4. The molecule has 200 valence electrons. The predicted octanol–water partition coefficient (Wildman–Crippen LogP) is 2.77.